The number of ether oxygens (including phenoxy) is 2. The third kappa shape index (κ3) is 3.62. The molecule has 2 rings (SSSR count). The van der Waals surface area contributed by atoms with Gasteiger partial charge < -0.3 is 14.8 Å². The van der Waals surface area contributed by atoms with E-state index in [4.69, 9.17) is 9.47 Å². The van der Waals surface area contributed by atoms with E-state index in [2.05, 4.69) is 10.4 Å². The molecule has 5 nitrogen and oxygen atoms in total. The van der Waals surface area contributed by atoms with E-state index in [0.29, 0.717) is 13.2 Å². The van der Waals surface area contributed by atoms with Gasteiger partial charge in [0.2, 0.25) is 0 Å². The summed E-state index contributed by atoms with van der Waals surface area (Å²) >= 11 is 0. The second kappa shape index (κ2) is 5.85. The van der Waals surface area contributed by atoms with Crippen LogP contribution < -0.4 is 5.32 Å². The van der Waals surface area contributed by atoms with Crippen LogP contribution in [0.4, 0.5) is 0 Å². The summed E-state index contributed by atoms with van der Waals surface area (Å²) < 4.78 is 12.9. The van der Waals surface area contributed by atoms with Gasteiger partial charge >= 0.3 is 0 Å². The molecule has 84 valence electrons. The van der Waals surface area contributed by atoms with Gasteiger partial charge in [-0.15, -0.1) is 0 Å². The Labute approximate surface area is 89.4 Å². The number of rotatable bonds is 5. The lowest BCUT2D eigenvalue weighted by molar-refractivity contribution is -0.0329. The molecule has 1 aromatic rings. The van der Waals surface area contributed by atoms with E-state index in [9.17, 15) is 0 Å². The molecule has 1 aliphatic heterocycles. The van der Waals surface area contributed by atoms with Gasteiger partial charge in [-0.05, 0) is 6.07 Å². The van der Waals surface area contributed by atoms with Crippen LogP contribution in [0.15, 0.2) is 18.5 Å². The first-order valence-electron chi connectivity index (χ1n) is 5.32. The average molecular weight is 211 g/mol. The maximum atomic E-state index is 5.52. The van der Waals surface area contributed by atoms with Crippen molar-refractivity contribution in [1.82, 2.24) is 15.1 Å². The zero-order valence-corrected chi connectivity index (χ0v) is 8.76. The van der Waals surface area contributed by atoms with Crippen molar-refractivity contribution in [2.75, 3.05) is 32.9 Å². The molecule has 0 spiro atoms. The van der Waals surface area contributed by atoms with Crippen LogP contribution in [-0.2, 0) is 16.0 Å². The fourth-order valence-electron chi connectivity index (χ4n) is 1.53. The normalized spacial score (nSPS) is 21.7. The van der Waals surface area contributed by atoms with Gasteiger partial charge in [0.15, 0.2) is 0 Å². The minimum Gasteiger partial charge on any atom is -0.377 e. The summed E-state index contributed by atoms with van der Waals surface area (Å²) in [6, 6.07) is 1.91. The zero-order chi connectivity index (χ0) is 10.3. The molecule has 0 aliphatic carbocycles. The number of hydrogen-bond donors (Lipinski definition) is 1. The van der Waals surface area contributed by atoms with Gasteiger partial charge in [0.05, 0.1) is 32.5 Å². The highest BCUT2D eigenvalue weighted by Crippen LogP contribution is 1.96. The quantitative estimate of drug-likeness (QED) is 0.690. The SMILES string of the molecule is c1cnn(CCOCC2CNCCO2)c1. The Morgan fingerprint density at radius 1 is 1.60 bits per heavy atom. The van der Waals surface area contributed by atoms with Crippen molar-refractivity contribution in [2.24, 2.45) is 0 Å². The Morgan fingerprint density at radius 3 is 3.33 bits per heavy atom. The topological polar surface area (TPSA) is 48.3 Å². The second-order valence-corrected chi connectivity index (χ2v) is 3.54. The molecule has 1 atom stereocenters. The summed E-state index contributed by atoms with van der Waals surface area (Å²) in [7, 11) is 0. The number of nitrogens with zero attached hydrogens (tertiary/aromatic N) is 2. The molecule has 2 heterocycles. The second-order valence-electron chi connectivity index (χ2n) is 3.54. The van der Waals surface area contributed by atoms with Gasteiger partial charge in [-0.1, -0.05) is 0 Å². The number of aromatic nitrogens is 2. The monoisotopic (exact) mass is 211 g/mol. The highest BCUT2D eigenvalue weighted by molar-refractivity contribution is 4.77. The summed E-state index contributed by atoms with van der Waals surface area (Å²) in [5, 5.41) is 7.36. The molecule has 1 aliphatic rings. The summed E-state index contributed by atoms with van der Waals surface area (Å²) in [5.74, 6) is 0. The molecular formula is C10H17N3O2. The Hall–Kier alpha value is -0.910. The minimum atomic E-state index is 0.205. The van der Waals surface area contributed by atoms with Gasteiger partial charge in [-0.3, -0.25) is 4.68 Å². The first-order valence-corrected chi connectivity index (χ1v) is 5.32. The van der Waals surface area contributed by atoms with Crippen molar-refractivity contribution < 1.29 is 9.47 Å². The van der Waals surface area contributed by atoms with Crippen molar-refractivity contribution in [1.29, 1.82) is 0 Å². The van der Waals surface area contributed by atoms with Crippen molar-refractivity contribution in [3.63, 3.8) is 0 Å². The van der Waals surface area contributed by atoms with Gasteiger partial charge in [0.25, 0.3) is 0 Å². The highest BCUT2D eigenvalue weighted by Gasteiger charge is 2.12. The van der Waals surface area contributed by atoms with E-state index < -0.39 is 0 Å². The van der Waals surface area contributed by atoms with Gasteiger partial charge in [0, 0.05) is 25.5 Å². The van der Waals surface area contributed by atoms with Crippen LogP contribution in [0, 0.1) is 0 Å². The molecule has 0 aromatic carbocycles. The third-order valence-electron chi connectivity index (χ3n) is 2.33. The largest absolute Gasteiger partial charge is 0.377 e. The molecule has 0 amide bonds. The lowest BCUT2D eigenvalue weighted by Crippen LogP contribution is -2.41. The summed E-state index contributed by atoms with van der Waals surface area (Å²) in [6.07, 6.45) is 3.91. The summed E-state index contributed by atoms with van der Waals surface area (Å²) in [4.78, 5) is 0. The van der Waals surface area contributed by atoms with E-state index in [1.165, 1.54) is 0 Å². The third-order valence-corrected chi connectivity index (χ3v) is 2.33. The summed E-state index contributed by atoms with van der Waals surface area (Å²) in [5.41, 5.74) is 0. The first-order chi connectivity index (χ1) is 7.45. The average Bonchev–Trinajstić information content (AvgIpc) is 2.79. The fourth-order valence-corrected chi connectivity index (χ4v) is 1.53. The minimum absolute atomic E-state index is 0.205. The van der Waals surface area contributed by atoms with Crippen LogP contribution in [-0.4, -0.2) is 48.8 Å². The van der Waals surface area contributed by atoms with E-state index in [1.807, 2.05) is 16.9 Å². The molecule has 0 radical (unpaired) electrons. The number of nitrogens with one attached hydrogen (secondary N) is 1. The van der Waals surface area contributed by atoms with Crippen LogP contribution in [0.3, 0.4) is 0 Å². The van der Waals surface area contributed by atoms with Crippen molar-refractivity contribution in [3.05, 3.63) is 18.5 Å². The Morgan fingerprint density at radius 2 is 2.60 bits per heavy atom. The van der Waals surface area contributed by atoms with Crippen LogP contribution in [0.5, 0.6) is 0 Å². The number of hydrogen-bond acceptors (Lipinski definition) is 4. The molecule has 1 unspecified atom stereocenters. The fraction of sp³-hybridized carbons (Fsp3) is 0.700. The number of morpholine rings is 1. The Balaban J connectivity index is 1.54. The standard InChI is InChI=1S/C10H17N3O2/c1-2-12-13(4-1)5-7-14-9-10-8-11-3-6-15-10/h1-2,4,10-11H,3,5-9H2. The van der Waals surface area contributed by atoms with Gasteiger partial charge in [-0.25, -0.2) is 0 Å². The van der Waals surface area contributed by atoms with Crippen molar-refractivity contribution in [2.45, 2.75) is 12.6 Å². The molecule has 0 bridgehead atoms. The van der Waals surface area contributed by atoms with Gasteiger partial charge in [0.1, 0.15) is 0 Å². The molecule has 1 aromatic heterocycles. The first kappa shape index (κ1) is 10.6. The molecule has 1 N–H and O–H groups in total. The maximum Gasteiger partial charge on any atom is 0.0933 e. The lowest BCUT2D eigenvalue weighted by Gasteiger charge is -2.23. The van der Waals surface area contributed by atoms with Crippen LogP contribution in [0.2, 0.25) is 0 Å². The molecule has 1 saturated heterocycles. The molecular weight excluding hydrogens is 194 g/mol. The van der Waals surface area contributed by atoms with Crippen LogP contribution in [0.25, 0.3) is 0 Å². The Kier molecular flexibility index (Phi) is 4.13. The summed E-state index contributed by atoms with van der Waals surface area (Å²) in [6.45, 7) is 4.77. The maximum absolute atomic E-state index is 5.52. The van der Waals surface area contributed by atoms with Crippen molar-refractivity contribution >= 4 is 0 Å². The van der Waals surface area contributed by atoms with E-state index in [0.717, 1.165) is 26.2 Å². The Bertz CT molecular complexity index is 258. The van der Waals surface area contributed by atoms with Crippen molar-refractivity contribution in [3.8, 4) is 0 Å². The van der Waals surface area contributed by atoms with E-state index in [-0.39, 0.29) is 6.10 Å². The highest BCUT2D eigenvalue weighted by atomic mass is 16.5. The smallest absolute Gasteiger partial charge is 0.0933 e. The van der Waals surface area contributed by atoms with E-state index >= 15 is 0 Å². The van der Waals surface area contributed by atoms with Crippen LogP contribution >= 0.6 is 0 Å². The molecule has 1 fully saturated rings. The van der Waals surface area contributed by atoms with E-state index in [1.54, 1.807) is 6.20 Å². The van der Waals surface area contributed by atoms with Crippen LogP contribution in [0.1, 0.15) is 0 Å². The predicted molar refractivity (Wildman–Crippen MR) is 55.7 cm³/mol. The molecule has 5 heteroatoms. The zero-order valence-electron chi connectivity index (χ0n) is 8.76. The molecule has 15 heavy (non-hydrogen) atoms. The molecule has 0 saturated carbocycles. The van der Waals surface area contributed by atoms with Gasteiger partial charge in [-0.2, -0.15) is 5.10 Å². The predicted octanol–water partition coefficient (Wildman–Crippen LogP) is -0.112. The lowest BCUT2D eigenvalue weighted by atomic mass is 10.3.